The minimum atomic E-state index is 0.679. The summed E-state index contributed by atoms with van der Waals surface area (Å²) in [6.45, 7) is 18.2. The van der Waals surface area contributed by atoms with Crippen molar-refractivity contribution in [1.29, 1.82) is 0 Å². The maximum atomic E-state index is 5.02. The third kappa shape index (κ3) is 7.21. The Morgan fingerprint density at radius 1 is 0.968 bits per heavy atom. The Labute approximate surface area is 190 Å². The fraction of sp³-hybridized carbons (Fsp3) is 0.731. The van der Waals surface area contributed by atoms with Crippen molar-refractivity contribution in [2.45, 2.75) is 52.4 Å². The summed E-state index contributed by atoms with van der Waals surface area (Å²) in [4.78, 5) is 12.7. The molecule has 0 bridgehead atoms. The highest BCUT2D eigenvalue weighted by Gasteiger charge is 2.30. The highest BCUT2D eigenvalue weighted by Crippen LogP contribution is 2.34. The number of benzene rings is 1. The molecular weight excluding hydrogens is 382 g/mol. The molecule has 31 heavy (non-hydrogen) atoms. The highest BCUT2D eigenvalue weighted by molar-refractivity contribution is 5.80. The fourth-order valence-electron chi connectivity index (χ4n) is 5.16. The molecule has 1 aromatic rings. The number of rotatable bonds is 9. The summed E-state index contributed by atoms with van der Waals surface area (Å²) in [7, 11) is 0. The number of likely N-dealkylation sites (tertiary alicyclic amines) is 1. The summed E-state index contributed by atoms with van der Waals surface area (Å²) in [6.07, 6.45) is 4.88. The number of nitrogens with zero attached hydrogens (tertiary/aromatic N) is 4. The van der Waals surface area contributed by atoms with Gasteiger partial charge in [0.2, 0.25) is 0 Å². The molecule has 2 aliphatic rings. The second-order valence-corrected chi connectivity index (χ2v) is 9.14. The largest absolute Gasteiger partial charge is 0.357 e. The van der Waals surface area contributed by atoms with Crippen LogP contribution in [0.25, 0.3) is 0 Å². The van der Waals surface area contributed by atoms with Crippen LogP contribution in [0.2, 0.25) is 0 Å². The molecule has 2 saturated heterocycles. The molecule has 0 aromatic heterocycles. The molecule has 0 amide bonds. The molecule has 174 valence electrons. The predicted molar refractivity (Wildman–Crippen MR) is 133 cm³/mol. The van der Waals surface area contributed by atoms with E-state index in [1.807, 2.05) is 0 Å². The number of aliphatic imine (C=N–C) groups is 1. The van der Waals surface area contributed by atoms with E-state index in [0.717, 1.165) is 32.1 Å². The van der Waals surface area contributed by atoms with Crippen LogP contribution in [0.4, 0.5) is 0 Å². The van der Waals surface area contributed by atoms with Gasteiger partial charge in [-0.25, -0.2) is 0 Å². The van der Waals surface area contributed by atoms with Gasteiger partial charge in [-0.2, -0.15) is 0 Å². The first-order valence-electron chi connectivity index (χ1n) is 12.8. The Balaban J connectivity index is 1.45. The number of hydrogen-bond acceptors (Lipinski definition) is 3. The van der Waals surface area contributed by atoms with Crippen LogP contribution in [0.3, 0.4) is 0 Å². The van der Waals surface area contributed by atoms with Gasteiger partial charge in [-0.05, 0) is 56.7 Å². The molecule has 5 heteroatoms. The molecule has 0 aliphatic carbocycles. The lowest BCUT2D eigenvalue weighted by Gasteiger charge is -2.40. The second-order valence-electron chi connectivity index (χ2n) is 9.14. The van der Waals surface area contributed by atoms with Crippen LogP contribution in [0.5, 0.6) is 0 Å². The van der Waals surface area contributed by atoms with E-state index in [-0.39, 0.29) is 0 Å². The molecular formula is C26H45N5. The zero-order valence-electron chi connectivity index (χ0n) is 20.2. The Morgan fingerprint density at radius 3 is 2.39 bits per heavy atom. The summed E-state index contributed by atoms with van der Waals surface area (Å²) in [6, 6.07) is 11.1. The van der Waals surface area contributed by atoms with Crippen molar-refractivity contribution in [3.8, 4) is 0 Å². The van der Waals surface area contributed by atoms with Crippen LogP contribution >= 0.6 is 0 Å². The zero-order valence-corrected chi connectivity index (χ0v) is 20.2. The van der Waals surface area contributed by atoms with E-state index in [1.165, 1.54) is 70.5 Å². The number of piperazine rings is 1. The van der Waals surface area contributed by atoms with E-state index < -0.39 is 0 Å². The number of hydrogen-bond donors (Lipinski definition) is 1. The molecule has 1 N–H and O–H groups in total. The minimum Gasteiger partial charge on any atom is -0.357 e. The molecule has 2 unspecified atom stereocenters. The topological polar surface area (TPSA) is 34.1 Å². The lowest BCUT2D eigenvalue weighted by atomic mass is 9.79. The number of piperidine rings is 1. The van der Waals surface area contributed by atoms with Crippen molar-refractivity contribution in [3.63, 3.8) is 0 Å². The molecule has 1 aromatic carbocycles. The third-order valence-corrected chi connectivity index (χ3v) is 7.18. The quantitative estimate of drug-likeness (QED) is 0.368. The average molecular weight is 428 g/mol. The van der Waals surface area contributed by atoms with Gasteiger partial charge in [-0.3, -0.25) is 4.99 Å². The lowest BCUT2D eigenvalue weighted by Crippen LogP contribution is -2.48. The lowest BCUT2D eigenvalue weighted by molar-refractivity contribution is 0.136. The summed E-state index contributed by atoms with van der Waals surface area (Å²) in [5.74, 6) is 2.50. The van der Waals surface area contributed by atoms with Gasteiger partial charge in [0.15, 0.2) is 5.96 Å². The first-order valence-corrected chi connectivity index (χ1v) is 12.8. The van der Waals surface area contributed by atoms with Crippen molar-refractivity contribution in [2.24, 2.45) is 10.9 Å². The average Bonchev–Trinajstić information content (AvgIpc) is 2.83. The van der Waals surface area contributed by atoms with Crippen molar-refractivity contribution in [1.82, 2.24) is 20.0 Å². The Morgan fingerprint density at radius 2 is 1.71 bits per heavy atom. The Bertz CT molecular complexity index is 638. The number of likely N-dealkylation sites (N-methyl/N-ethyl adjacent to an activating group) is 1. The maximum Gasteiger partial charge on any atom is 0.193 e. The number of guanidine groups is 1. The second kappa shape index (κ2) is 13.1. The van der Waals surface area contributed by atoms with Crippen LogP contribution < -0.4 is 5.32 Å². The normalized spacial score (nSPS) is 23.8. The molecule has 2 fully saturated rings. The van der Waals surface area contributed by atoms with E-state index in [2.05, 4.69) is 71.1 Å². The Hall–Kier alpha value is -1.59. The van der Waals surface area contributed by atoms with Crippen LogP contribution in [-0.2, 0) is 0 Å². The van der Waals surface area contributed by atoms with Crippen LogP contribution in [-0.4, -0.2) is 86.1 Å². The van der Waals surface area contributed by atoms with Gasteiger partial charge in [-0.1, -0.05) is 50.6 Å². The van der Waals surface area contributed by atoms with Gasteiger partial charge < -0.3 is 20.0 Å². The van der Waals surface area contributed by atoms with Crippen molar-refractivity contribution in [3.05, 3.63) is 35.9 Å². The first-order chi connectivity index (χ1) is 15.2. The summed E-state index contributed by atoms with van der Waals surface area (Å²) in [5, 5.41) is 3.56. The van der Waals surface area contributed by atoms with Crippen molar-refractivity contribution in [2.75, 3.05) is 65.4 Å². The number of unbranched alkanes of at least 4 members (excludes halogenated alkanes) is 1. The SMILES string of the molecule is CCNC(=NCCCCN1CCN(CC)CC1)N1CCC(c2ccccc2)C(CC)C1. The van der Waals surface area contributed by atoms with E-state index in [1.54, 1.807) is 0 Å². The molecule has 2 heterocycles. The summed E-state index contributed by atoms with van der Waals surface area (Å²) < 4.78 is 0. The van der Waals surface area contributed by atoms with E-state index in [4.69, 9.17) is 4.99 Å². The van der Waals surface area contributed by atoms with E-state index in [9.17, 15) is 0 Å². The standard InChI is InChI=1S/C26H45N5/c1-4-23-22-31(17-14-25(23)24-12-8-7-9-13-24)26(27-5-2)28-15-10-11-16-30-20-18-29(6-3)19-21-30/h7-9,12-13,23,25H,4-6,10-11,14-22H2,1-3H3,(H,27,28). The smallest absolute Gasteiger partial charge is 0.193 e. The van der Waals surface area contributed by atoms with Crippen LogP contribution in [0, 0.1) is 5.92 Å². The van der Waals surface area contributed by atoms with Gasteiger partial charge >= 0.3 is 0 Å². The maximum absolute atomic E-state index is 5.02. The Kier molecular flexibility index (Phi) is 10.1. The molecule has 2 aliphatic heterocycles. The predicted octanol–water partition coefficient (Wildman–Crippen LogP) is 3.89. The minimum absolute atomic E-state index is 0.679. The molecule has 0 radical (unpaired) electrons. The van der Waals surface area contributed by atoms with Gasteiger partial charge in [0, 0.05) is 52.4 Å². The van der Waals surface area contributed by atoms with Gasteiger partial charge in [0.1, 0.15) is 0 Å². The molecule has 3 rings (SSSR count). The van der Waals surface area contributed by atoms with Crippen molar-refractivity contribution >= 4 is 5.96 Å². The molecule has 2 atom stereocenters. The highest BCUT2D eigenvalue weighted by atomic mass is 15.3. The van der Waals surface area contributed by atoms with Crippen molar-refractivity contribution < 1.29 is 0 Å². The van der Waals surface area contributed by atoms with Gasteiger partial charge in [-0.15, -0.1) is 0 Å². The molecule has 0 saturated carbocycles. The van der Waals surface area contributed by atoms with Gasteiger partial charge in [0.05, 0.1) is 0 Å². The zero-order chi connectivity index (χ0) is 21.9. The third-order valence-electron chi connectivity index (χ3n) is 7.18. The molecule has 5 nitrogen and oxygen atoms in total. The summed E-state index contributed by atoms with van der Waals surface area (Å²) in [5.41, 5.74) is 1.51. The first kappa shape index (κ1) is 24.1. The van der Waals surface area contributed by atoms with Crippen LogP contribution in [0.15, 0.2) is 35.3 Å². The van der Waals surface area contributed by atoms with Crippen LogP contribution in [0.1, 0.15) is 57.9 Å². The van der Waals surface area contributed by atoms with Gasteiger partial charge in [0.25, 0.3) is 0 Å². The monoisotopic (exact) mass is 427 g/mol. The molecule has 0 spiro atoms. The fourth-order valence-corrected chi connectivity index (χ4v) is 5.16. The van der Waals surface area contributed by atoms with E-state index in [0.29, 0.717) is 11.8 Å². The summed E-state index contributed by atoms with van der Waals surface area (Å²) >= 11 is 0. The van der Waals surface area contributed by atoms with E-state index >= 15 is 0 Å². The number of nitrogens with one attached hydrogen (secondary N) is 1.